The van der Waals surface area contributed by atoms with E-state index in [0.717, 1.165) is 146 Å². The minimum absolute atomic E-state index is 0. The van der Waals surface area contributed by atoms with Crippen LogP contribution >= 0.6 is 0 Å². The summed E-state index contributed by atoms with van der Waals surface area (Å²) in [5.74, 6) is 0.662. The minimum Gasteiger partial charge on any atom is -0.329 e. The summed E-state index contributed by atoms with van der Waals surface area (Å²) in [4.78, 5) is 65.5. The SMILES string of the molecule is CC1=C(C)N=CC(C)(C)c2[c-]c(cc(C#N)c2)-c2[c-]c(ccc2)C(C)(C)C=N1.CC1=Nc2ccccc2N=C(C)C(C)(C)c2[c-]c(ccc2F)-c2[c-]c(ccc2)C1(C)C.CC1=Nc2nccnc2N=C(C)c2[c-]c(nc(C)c2)-c2[c-]c1cc(C)n2.[Pt+2].[Pt+2].[Pt+2].[Pt+2].[c-]1c2cccc1-c1[c-]c(ncn1)C(c1ccccc1)=Nc1ccccc1N=C2c1ccccc1. The number of aromatic nitrogens is 6. The number of allylic oxidation sites excluding steroid dienone is 2. The van der Waals surface area contributed by atoms with Crippen LogP contribution in [-0.4, -0.2) is 76.6 Å². The van der Waals surface area contributed by atoms with Crippen LogP contribution in [0.3, 0.4) is 0 Å². The van der Waals surface area contributed by atoms with E-state index in [0.29, 0.717) is 51.3 Å². The molecule has 0 N–H and O–H groups in total. The van der Waals surface area contributed by atoms with E-state index in [2.05, 4.69) is 170 Å². The summed E-state index contributed by atoms with van der Waals surface area (Å²) in [6.07, 6.45) is 8.65. The molecule has 15 nitrogen and oxygen atoms in total. The van der Waals surface area contributed by atoms with E-state index in [1.54, 1.807) is 24.8 Å². The minimum atomic E-state index is -0.646. The summed E-state index contributed by atoms with van der Waals surface area (Å²) >= 11 is 0. The van der Waals surface area contributed by atoms with Crippen molar-refractivity contribution >= 4 is 81.1 Å². The monoisotopic (exact) mass is 2330 g/mol. The number of fused-ring (bicyclic) bond motifs is 23. The zero-order valence-corrected chi connectivity index (χ0v) is 79.9. The first-order valence-electron chi connectivity index (χ1n) is 39.2. The average Bonchev–Trinajstić information content (AvgIpc) is 0.778. The fourth-order valence-corrected chi connectivity index (χ4v) is 13.4. The molecule has 0 unspecified atom stereocenters. The molecule has 20 heteroatoms. The van der Waals surface area contributed by atoms with Crippen LogP contribution in [-0.2, 0) is 106 Å². The second-order valence-electron chi connectivity index (χ2n) is 31.6. The number of para-hydroxylation sites is 4. The van der Waals surface area contributed by atoms with Crippen LogP contribution in [0.2, 0.25) is 0 Å². The van der Waals surface area contributed by atoms with Crippen LogP contribution in [0.5, 0.6) is 0 Å². The normalized spacial score (nSPS) is 14.6. The maximum Gasteiger partial charge on any atom is 2.00 e. The van der Waals surface area contributed by atoms with Crippen molar-refractivity contribution in [1.82, 2.24) is 29.9 Å². The van der Waals surface area contributed by atoms with Gasteiger partial charge in [0.1, 0.15) is 6.33 Å². The fourth-order valence-electron chi connectivity index (χ4n) is 13.4. The summed E-state index contributed by atoms with van der Waals surface area (Å²) in [6.45, 7) is 32.3. The van der Waals surface area contributed by atoms with Gasteiger partial charge in [-0.25, -0.2) is 32.2 Å². The predicted molar refractivity (Wildman–Crippen MR) is 479 cm³/mol. The number of nitrogens with zero attached hydrogens (tertiary/aromatic N) is 15. The molecule has 123 heavy (non-hydrogen) atoms. The Labute approximate surface area is 778 Å². The van der Waals surface area contributed by atoms with E-state index < -0.39 is 5.41 Å². The van der Waals surface area contributed by atoms with Crippen molar-refractivity contribution in [3.8, 4) is 51.0 Å². The van der Waals surface area contributed by atoms with Gasteiger partial charge in [0.05, 0.1) is 40.2 Å². The van der Waals surface area contributed by atoms with Gasteiger partial charge in [-0.05, 0) is 111 Å². The van der Waals surface area contributed by atoms with E-state index in [4.69, 9.17) is 20.0 Å². The van der Waals surface area contributed by atoms with Gasteiger partial charge in [0.2, 0.25) is 0 Å². The molecular formula is C103H86FN15Pt4. The van der Waals surface area contributed by atoms with Crippen molar-refractivity contribution in [3.63, 3.8) is 0 Å². The third-order valence-corrected chi connectivity index (χ3v) is 21.3. The number of benzene rings is 9. The topological polar surface area (TPSA) is 200 Å². The molecule has 4 aromatic heterocycles. The summed E-state index contributed by atoms with van der Waals surface area (Å²) in [6, 6.07) is 94.7. The molecule has 0 atom stereocenters. The molecule has 9 aromatic carbocycles. The van der Waals surface area contributed by atoms with Crippen molar-refractivity contribution < 1.29 is 88.7 Å². The third-order valence-electron chi connectivity index (χ3n) is 21.3. The molecule has 0 fully saturated rings. The largest absolute Gasteiger partial charge is 2.00 e. The van der Waals surface area contributed by atoms with Crippen LogP contribution in [0.1, 0.15) is 170 Å². The number of pyridine rings is 2. The molecule has 13 aromatic rings. The molecule has 0 aliphatic carbocycles. The summed E-state index contributed by atoms with van der Waals surface area (Å²) in [7, 11) is 0. The molecule has 0 saturated heterocycles. The first kappa shape index (κ1) is 94.0. The maximum atomic E-state index is 15.0. The Kier molecular flexibility index (Phi) is 30.8. The molecule has 0 saturated carbocycles. The zero-order valence-electron chi connectivity index (χ0n) is 70.8. The molecule has 0 radical (unpaired) electrons. The van der Waals surface area contributed by atoms with Gasteiger partial charge < -0.3 is 19.9 Å². The number of nitriles is 1. The first-order chi connectivity index (χ1) is 57.1. The van der Waals surface area contributed by atoms with Crippen LogP contribution in [0.4, 0.5) is 38.8 Å². The molecule has 0 spiro atoms. The van der Waals surface area contributed by atoms with Gasteiger partial charge in [-0.2, -0.15) is 102 Å². The summed E-state index contributed by atoms with van der Waals surface area (Å²) in [5.41, 5.74) is 25.2. The van der Waals surface area contributed by atoms with Gasteiger partial charge >= 0.3 is 84.3 Å². The van der Waals surface area contributed by atoms with E-state index >= 15 is 0 Å². The van der Waals surface area contributed by atoms with Crippen LogP contribution in [0, 0.1) is 79.5 Å². The smallest absolute Gasteiger partial charge is 0.329 e. The number of aryl methyl sites for hydroxylation is 2. The quantitative estimate of drug-likeness (QED) is 0.153. The molecule has 4 aliphatic rings. The van der Waals surface area contributed by atoms with E-state index in [1.165, 1.54) is 6.07 Å². The van der Waals surface area contributed by atoms with Gasteiger partial charge in [-0.15, -0.1) is 87.6 Å². The Morgan fingerprint density at radius 3 is 1.33 bits per heavy atom. The number of hydrogen-bond acceptors (Lipinski definition) is 15. The second kappa shape index (κ2) is 40.4. The molecule has 8 heterocycles. The molecular weight excluding hydrogens is 2250 g/mol. The van der Waals surface area contributed by atoms with Gasteiger partial charge in [-0.3, -0.25) is 44.3 Å². The number of halogens is 1. The van der Waals surface area contributed by atoms with Crippen molar-refractivity contribution in [2.24, 2.45) is 39.9 Å². The molecule has 4 aliphatic heterocycles. The summed E-state index contributed by atoms with van der Waals surface area (Å²) in [5, 5.41) is 9.55. The molecule has 17 rings (SSSR count). The predicted octanol–water partition coefficient (Wildman–Crippen LogP) is 23.5. The van der Waals surface area contributed by atoms with Gasteiger partial charge in [0, 0.05) is 69.4 Å². The van der Waals surface area contributed by atoms with Gasteiger partial charge in [0.15, 0.2) is 11.6 Å². The number of rotatable bonds is 2. The fraction of sp³-hybridized carbons (Fsp3) is 0.194. The Balaban J connectivity index is 0.000000171. The van der Waals surface area contributed by atoms with Crippen molar-refractivity contribution in [1.29, 1.82) is 5.26 Å². The average molecular weight is 2330 g/mol. The first-order valence-corrected chi connectivity index (χ1v) is 39.2. The Morgan fingerprint density at radius 2 is 0.780 bits per heavy atom. The number of aliphatic imine (C=N–C) groups is 8. The van der Waals surface area contributed by atoms with Crippen molar-refractivity contribution in [2.45, 2.75) is 132 Å². The van der Waals surface area contributed by atoms with E-state index in [-0.39, 0.29) is 106 Å². The Bertz CT molecular complexity index is 6240. The van der Waals surface area contributed by atoms with Crippen LogP contribution < -0.4 is 0 Å². The molecule has 16 bridgehead atoms. The standard InChI is InChI=1S/C30H18N4.C28H27FN2.C25H25N3.C20H16N6.4Pt/c1-3-10-21(11-4-1)29-24-15-9-14-23(18-24)27-19-28(32-20-31-27)30(22-12-5-2-6-13-22)34-26-17-8-7-16-25(26)33-29;1-18-27(3,4)22-11-9-10-20(16-22)21-14-15-24(29)23(17-21)28(5,6)19(2)31-26-13-8-7-12-25(26)30-18;1-17-18(2)28-16-25(5,6)23-11-19(14-26)10-21(13-23)20-8-7-9-22(12-20)24(3,4)15-27-17;1-11-7-15-9-17(23-11)18-10-16(8-12(2)24-18)14(4)26-20-19(25-13(15)3)21-5-6-22-20;;;;/h1-17,20H;7-15H,1-6H3;7-11,15-16H,1-6H3;5-8H,1-4H3;;;;/q4*-2;4*+2. The van der Waals surface area contributed by atoms with E-state index in [1.807, 2.05) is 245 Å². The third kappa shape index (κ3) is 21.8. The van der Waals surface area contributed by atoms with Crippen molar-refractivity contribution in [3.05, 3.63) is 357 Å². The zero-order chi connectivity index (χ0) is 83.9. The Morgan fingerprint density at radius 1 is 0.341 bits per heavy atom. The number of hydrogen-bond donors (Lipinski definition) is 0. The maximum absolute atomic E-state index is 15.0. The van der Waals surface area contributed by atoms with Crippen LogP contribution in [0.15, 0.2) is 270 Å². The van der Waals surface area contributed by atoms with Crippen LogP contribution in [0.25, 0.3) is 44.9 Å². The van der Waals surface area contributed by atoms with Gasteiger partial charge in [-0.1, -0.05) is 177 Å². The summed E-state index contributed by atoms with van der Waals surface area (Å²) < 4.78 is 15.0. The molecule has 620 valence electrons. The Hall–Kier alpha value is -11.3. The van der Waals surface area contributed by atoms with Crippen molar-refractivity contribution in [2.75, 3.05) is 0 Å². The molecule has 0 amide bonds. The second-order valence-corrected chi connectivity index (χ2v) is 31.6. The van der Waals surface area contributed by atoms with Gasteiger partial charge in [0.25, 0.3) is 0 Å². The van der Waals surface area contributed by atoms with E-state index in [9.17, 15) is 9.65 Å².